The first-order valence-electron chi connectivity index (χ1n) is 14.9. The van der Waals surface area contributed by atoms with Crippen LogP contribution in [0.2, 0.25) is 0 Å². The number of fused-ring (bicyclic) bond motifs is 3. The molecule has 0 bridgehead atoms. The number of ketones is 4. The van der Waals surface area contributed by atoms with Crippen LogP contribution in [-0.2, 0) is 27.2 Å². The number of Topliss-reactive ketones (excluding diaryl/α,β-unsaturated/α-hetero) is 4. The molecule has 2 fully saturated rings. The highest BCUT2D eigenvalue weighted by Gasteiger charge is 2.69. The Kier molecular flexibility index (Phi) is 8.11. The minimum absolute atomic E-state index is 0.00631. The molecule has 3 unspecified atom stereocenters. The number of unbranched alkanes of at least 4 members (excludes halogenated alkanes) is 1. The molecule has 0 heterocycles. The van der Waals surface area contributed by atoms with E-state index >= 15 is 0 Å². The molecule has 0 saturated heterocycles. The van der Waals surface area contributed by atoms with E-state index in [4.69, 9.17) is 5.73 Å². The molecule has 0 spiro atoms. The van der Waals surface area contributed by atoms with Gasteiger partial charge in [-0.05, 0) is 68.5 Å². The first-order valence-corrected chi connectivity index (χ1v) is 14.9. The maximum atomic E-state index is 14.3. The largest absolute Gasteiger partial charge is 0.507 e. The Labute approximate surface area is 251 Å². The van der Waals surface area contributed by atoms with E-state index < -0.39 is 64.7 Å². The lowest BCUT2D eigenvalue weighted by Crippen LogP contribution is -2.74. The summed E-state index contributed by atoms with van der Waals surface area (Å²) in [6.45, 7) is 2.13. The van der Waals surface area contributed by atoms with Gasteiger partial charge in [0.05, 0.1) is 17.5 Å². The molecule has 0 radical (unpaired) electrons. The number of carbonyl (C=O) groups is 4. The number of phenolic OH excluding ortho intramolecular Hbond substituents is 1. The predicted octanol–water partition coefficient (Wildman–Crippen LogP) is 1.73. The van der Waals surface area contributed by atoms with Gasteiger partial charge in [0.15, 0.2) is 28.7 Å². The van der Waals surface area contributed by atoms with Crippen molar-refractivity contribution in [3.63, 3.8) is 0 Å². The first-order chi connectivity index (χ1) is 20.2. The van der Waals surface area contributed by atoms with Gasteiger partial charge in [-0.1, -0.05) is 37.6 Å². The number of hydrogen-bond donors (Lipinski definition) is 4. The van der Waals surface area contributed by atoms with Crippen LogP contribution in [0.3, 0.4) is 0 Å². The van der Waals surface area contributed by atoms with Crippen molar-refractivity contribution in [1.29, 1.82) is 0 Å². The summed E-state index contributed by atoms with van der Waals surface area (Å²) in [5.74, 6) is -8.70. The maximum Gasteiger partial charge on any atom is 0.187 e. The third-order valence-electron chi connectivity index (χ3n) is 9.70. The number of aryl methyl sites for hydroxylation is 1. The highest BCUT2D eigenvalue weighted by molar-refractivity contribution is 6.27. The molecule has 0 aliphatic heterocycles. The number of aliphatic hydroxyl groups is 2. The highest BCUT2D eigenvalue weighted by Crippen LogP contribution is 2.53. The minimum Gasteiger partial charge on any atom is -0.507 e. The summed E-state index contributed by atoms with van der Waals surface area (Å²) in [5.41, 5.74) is 6.53. The van der Waals surface area contributed by atoms with E-state index in [2.05, 4.69) is 6.92 Å². The van der Waals surface area contributed by atoms with Gasteiger partial charge in [-0.15, -0.1) is 0 Å². The van der Waals surface area contributed by atoms with Crippen LogP contribution in [0.15, 0.2) is 30.3 Å². The number of rotatable bonds is 7. The second-order valence-electron chi connectivity index (χ2n) is 12.8. The second kappa shape index (κ2) is 11.2. The molecule has 5 rings (SSSR count). The molecule has 7 atom stereocenters. The number of anilines is 1. The van der Waals surface area contributed by atoms with Gasteiger partial charge in [-0.3, -0.25) is 24.1 Å². The average molecular weight is 592 g/mol. The van der Waals surface area contributed by atoms with Gasteiger partial charge in [-0.25, -0.2) is 0 Å². The third kappa shape index (κ3) is 4.71. The lowest BCUT2D eigenvalue weighted by molar-refractivity contribution is -0.184. The normalized spacial score (nSPS) is 29.3. The Balaban J connectivity index is 1.63. The van der Waals surface area contributed by atoms with E-state index in [1.165, 1.54) is 4.90 Å². The summed E-state index contributed by atoms with van der Waals surface area (Å²) in [7, 11) is 6.86. The molecule has 43 heavy (non-hydrogen) atoms. The number of benzene rings is 2. The van der Waals surface area contributed by atoms with Crippen LogP contribution in [-0.4, -0.2) is 89.4 Å². The number of aliphatic hydroxyl groups excluding tert-OH is 1. The van der Waals surface area contributed by atoms with Gasteiger partial charge < -0.3 is 26.0 Å². The van der Waals surface area contributed by atoms with Crippen molar-refractivity contribution < 1.29 is 34.5 Å². The van der Waals surface area contributed by atoms with E-state index in [0.717, 1.165) is 24.8 Å². The monoisotopic (exact) mass is 591 g/mol. The summed E-state index contributed by atoms with van der Waals surface area (Å²) in [6, 6.07) is 8.56. The summed E-state index contributed by atoms with van der Waals surface area (Å²) < 4.78 is 0. The van der Waals surface area contributed by atoms with Crippen molar-refractivity contribution in [1.82, 2.24) is 4.90 Å². The summed E-state index contributed by atoms with van der Waals surface area (Å²) in [6.07, 6.45) is 1.42. The SMILES string of the molecule is CCCCc1ccc(-c2cc(N(C)C)c3c(c2O)C(=O)C2C(=O)[C@]4(O)C(=O)C(C(N)O)C(=O)[C@@H](N(C)C)[C@@H]4C[C@@H]2C3)cc1. The van der Waals surface area contributed by atoms with Crippen LogP contribution >= 0.6 is 0 Å². The zero-order chi connectivity index (χ0) is 31.5. The minimum atomic E-state index is -2.69. The van der Waals surface area contributed by atoms with Gasteiger partial charge in [0, 0.05) is 31.3 Å². The fourth-order valence-electron chi connectivity index (χ4n) is 7.59. The number of likely N-dealkylation sites (N-methyl/N-ethyl adjacent to an activating group) is 1. The Morgan fingerprint density at radius 3 is 2.26 bits per heavy atom. The number of aromatic hydroxyl groups is 1. The number of nitrogens with two attached hydrogens (primary N) is 1. The summed E-state index contributed by atoms with van der Waals surface area (Å²) in [4.78, 5) is 58.7. The molecule has 2 aromatic rings. The average Bonchev–Trinajstić information content (AvgIpc) is 2.93. The Morgan fingerprint density at radius 2 is 1.70 bits per heavy atom. The van der Waals surface area contributed by atoms with Crippen molar-refractivity contribution >= 4 is 28.8 Å². The second-order valence-corrected chi connectivity index (χ2v) is 12.8. The fraction of sp³-hybridized carbons (Fsp3) is 0.515. The smallest absolute Gasteiger partial charge is 0.187 e. The van der Waals surface area contributed by atoms with Crippen LogP contribution in [0.5, 0.6) is 5.75 Å². The number of carbonyl (C=O) groups excluding carboxylic acids is 4. The third-order valence-corrected chi connectivity index (χ3v) is 9.70. The zero-order valence-corrected chi connectivity index (χ0v) is 25.3. The highest BCUT2D eigenvalue weighted by atomic mass is 16.3. The van der Waals surface area contributed by atoms with Gasteiger partial charge >= 0.3 is 0 Å². The van der Waals surface area contributed by atoms with Crippen LogP contribution in [0.4, 0.5) is 5.69 Å². The quantitative estimate of drug-likeness (QED) is 0.276. The molecule has 10 heteroatoms. The molecular weight excluding hydrogens is 550 g/mol. The predicted molar refractivity (Wildman–Crippen MR) is 161 cm³/mol. The maximum absolute atomic E-state index is 14.3. The van der Waals surface area contributed by atoms with E-state index in [1.54, 1.807) is 14.1 Å². The van der Waals surface area contributed by atoms with E-state index in [9.17, 15) is 34.5 Å². The van der Waals surface area contributed by atoms with E-state index in [0.29, 0.717) is 22.4 Å². The van der Waals surface area contributed by atoms with Crippen LogP contribution in [0.1, 0.15) is 47.7 Å². The van der Waals surface area contributed by atoms with E-state index in [1.807, 2.05) is 49.3 Å². The number of phenols is 1. The topological polar surface area (TPSA) is 161 Å². The molecule has 2 aromatic carbocycles. The molecule has 230 valence electrons. The van der Waals surface area contributed by atoms with Gasteiger partial charge in [0.25, 0.3) is 0 Å². The van der Waals surface area contributed by atoms with E-state index in [-0.39, 0.29) is 24.2 Å². The lowest BCUT2D eigenvalue weighted by Gasteiger charge is -2.53. The van der Waals surface area contributed by atoms with Crippen LogP contribution in [0, 0.1) is 23.7 Å². The molecule has 2 saturated carbocycles. The molecule has 10 nitrogen and oxygen atoms in total. The van der Waals surface area contributed by atoms with Crippen molar-refractivity contribution in [2.75, 3.05) is 33.1 Å². The molecule has 0 aromatic heterocycles. The molecule has 0 amide bonds. The van der Waals surface area contributed by atoms with Crippen molar-refractivity contribution in [2.24, 2.45) is 29.4 Å². The molecule has 5 N–H and O–H groups in total. The standard InChI is InChI=1S/C33H41N3O7/c1-6-7-8-16-9-11-17(12-10-16)19-15-22(35(2)3)20-13-18-14-21-26(36(4)5)29(39)25(32(34)42)31(41)33(21,43)30(40)23(18)28(38)24(20)27(19)37/h9-12,15,18,21,23,25-26,32,37,42-43H,6-8,13-14,34H2,1-5H3/t18-,21-,23?,25?,26-,32?,33-/m0/s1. The fourth-order valence-corrected chi connectivity index (χ4v) is 7.59. The lowest BCUT2D eigenvalue weighted by atomic mass is 9.52. The zero-order valence-electron chi connectivity index (χ0n) is 25.3. The number of nitrogens with zero attached hydrogens (tertiary/aromatic N) is 2. The molecule has 3 aliphatic rings. The Hall–Kier alpha value is -3.44. The van der Waals surface area contributed by atoms with Gasteiger partial charge in [-0.2, -0.15) is 0 Å². The van der Waals surface area contributed by atoms with Crippen molar-refractivity contribution in [2.45, 2.75) is 56.9 Å². The van der Waals surface area contributed by atoms with Gasteiger partial charge in [0.2, 0.25) is 0 Å². The first kappa shape index (κ1) is 31.0. The van der Waals surface area contributed by atoms with Gasteiger partial charge in [0.1, 0.15) is 17.9 Å². The Bertz CT molecular complexity index is 1480. The van der Waals surface area contributed by atoms with Crippen molar-refractivity contribution in [3.05, 3.63) is 47.0 Å². The molecular formula is C33H41N3O7. The number of hydrogen-bond acceptors (Lipinski definition) is 10. The summed E-state index contributed by atoms with van der Waals surface area (Å²) in [5, 5.41) is 33.6. The molecule has 3 aliphatic carbocycles. The van der Waals surface area contributed by atoms with Crippen molar-refractivity contribution in [3.8, 4) is 16.9 Å². The summed E-state index contributed by atoms with van der Waals surface area (Å²) >= 11 is 0. The van der Waals surface area contributed by atoms with Crippen LogP contribution < -0.4 is 10.6 Å². The van der Waals surface area contributed by atoms with Crippen LogP contribution in [0.25, 0.3) is 11.1 Å². The Morgan fingerprint density at radius 1 is 1.05 bits per heavy atom.